The van der Waals surface area contributed by atoms with Crippen molar-refractivity contribution in [1.82, 2.24) is 0 Å². The first-order chi connectivity index (χ1) is 8.96. The van der Waals surface area contributed by atoms with Crippen LogP contribution < -0.4 is 5.73 Å². The average molecular weight is 281 g/mol. The van der Waals surface area contributed by atoms with E-state index in [0.29, 0.717) is 5.92 Å². The molecule has 0 aromatic heterocycles. The summed E-state index contributed by atoms with van der Waals surface area (Å²) in [6.45, 7) is 1.98. The zero-order valence-corrected chi connectivity index (χ0v) is 12.3. The molecule has 0 amide bonds. The smallest absolute Gasteiger partial charge is 0.154 e. The molecule has 1 aliphatic rings. The van der Waals surface area contributed by atoms with Crippen LogP contribution >= 0.6 is 0 Å². The lowest BCUT2D eigenvalue weighted by Gasteiger charge is -2.15. The van der Waals surface area contributed by atoms with Crippen molar-refractivity contribution in [2.75, 3.05) is 5.75 Å². The second-order valence-electron chi connectivity index (χ2n) is 5.72. The third kappa shape index (κ3) is 4.32. The predicted molar refractivity (Wildman–Crippen MR) is 78.6 cm³/mol. The third-order valence-corrected chi connectivity index (χ3v) is 5.62. The van der Waals surface area contributed by atoms with Gasteiger partial charge in [-0.15, -0.1) is 0 Å². The highest BCUT2D eigenvalue weighted by molar-refractivity contribution is 7.90. The van der Waals surface area contributed by atoms with Gasteiger partial charge in [0.1, 0.15) is 0 Å². The fraction of sp³-hybridized carbons (Fsp3) is 0.600. The summed E-state index contributed by atoms with van der Waals surface area (Å²) in [4.78, 5) is 0. The molecule has 1 saturated carbocycles. The fourth-order valence-electron chi connectivity index (χ4n) is 2.88. The lowest BCUT2D eigenvalue weighted by Crippen LogP contribution is -2.26. The molecule has 0 heterocycles. The van der Waals surface area contributed by atoms with Gasteiger partial charge < -0.3 is 5.73 Å². The zero-order valence-electron chi connectivity index (χ0n) is 11.5. The minimum atomic E-state index is -3.02. The molecule has 19 heavy (non-hydrogen) atoms. The molecule has 1 aromatic carbocycles. The Balaban J connectivity index is 1.91. The van der Waals surface area contributed by atoms with Gasteiger partial charge in [-0.1, -0.05) is 36.2 Å². The molecule has 2 rings (SSSR count). The van der Waals surface area contributed by atoms with Crippen molar-refractivity contribution >= 4 is 9.84 Å². The quantitative estimate of drug-likeness (QED) is 0.901. The van der Waals surface area contributed by atoms with Crippen LogP contribution in [0.25, 0.3) is 0 Å². The van der Waals surface area contributed by atoms with Crippen LogP contribution in [-0.4, -0.2) is 20.2 Å². The molecule has 0 aliphatic heterocycles. The number of hydrogen-bond donors (Lipinski definition) is 1. The summed E-state index contributed by atoms with van der Waals surface area (Å²) in [5, 5.41) is 0. The second-order valence-corrected chi connectivity index (χ2v) is 7.91. The highest BCUT2D eigenvalue weighted by Crippen LogP contribution is 2.27. The summed E-state index contributed by atoms with van der Waals surface area (Å²) in [6, 6.07) is 7.92. The number of aryl methyl sites for hydroxylation is 1. The highest BCUT2D eigenvalue weighted by Gasteiger charge is 2.25. The molecule has 0 saturated heterocycles. The molecular formula is C15H23NO2S. The third-order valence-electron chi connectivity index (χ3n) is 3.99. The van der Waals surface area contributed by atoms with Crippen molar-refractivity contribution in [3.8, 4) is 0 Å². The molecule has 1 fully saturated rings. The molecule has 4 heteroatoms. The Morgan fingerprint density at radius 3 is 2.74 bits per heavy atom. The Morgan fingerprint density at radius 2 is 2.11 bits per heavy atom. The molecule has 0 radical (unpaired) electrons. The Morgan fingerprint density at radius 1 is 1.32 bits per heavy atom. The largest absolute Gasteiger partial charge is 0.327 e. The van der Waals surface area contributed by atoms with E-state index in [-0.39, 0.29) is 17.5 Å². The van der Waals surface area contributed by atoms with E-state index < -0.39 is 9.84 Å². The van der Waals surface area contributed by atoms with Gasteiger partial charge in [-0.2, -0.15) is 0 Å². The summed E-state index contributed by atoms with van der Waals surface area (Å²) in [5.41, 5.74) is 7.97. The van der Waals surface area contributed by atoms with E-state index >= 15 is 0 Å². The van der Waals surface area contributed by atoms with Crippen LogP contribution in [0.2, 0.25) is 0 Å². The fourth-order valence-corrected chi connectivity index (χ4v) is 4.38. The Bertz CT molecular complexity index is 525. The van der Waals surface area contributed by atoms with E-state index in [2.05, 4.69) is 0 Å². The minimum Gasteiger partial charge on any atom is -0.327 e. The Kier molecular flexibility index (Phi) is 4.63. The van der Waals surface area contributed by atoms with Crippen LogP contribution in [0.15, 0.2) is 24.3 Å². The molecular weight excluding hydrogens is 258 g/mol. The van der Waals surface area contributed by atoms with E-state index in [0.717, 1.165) is 36.8 Å². The number of rotatable bonds is 5. The van der Waals surface area contributed by atoms with Gasteiger partial charge in [0, 0.05) is 6.04 Å². The first-order valence-corrected chi connectivity index (χ1v) is 8.80. The van der Waals surface area contributed by atoms with Crippen LogP contribution in [-0.2, 0) is 15.6 Å². The topological polar surface area (TPSA) is 60.2 Å². The van der Waals surface area contributed by atoms with Gasteiger partial charge in [0.2, 0.25) is 0 Å². The maximum Gasteiger partial charge on any atom is 0.154 e. The molecule has 1 aliphatic carbocycles. The minimum absolute atomic E-state index is 0.149. The van der Waals surface area contributed by atoms with Gasteiger partial charge in [-0.3, -0.25) is 0 Å². The van der Waals surface area contributed by atoms with Crippen molar-refractivity contribution in [2.45, 2.75) is 44.4 Å². The van der Waals surface area contributed by atoms with Gasteiger partial charge in [0.05, 0.1) is 11.5 Å². The Hall–Kier alpha value is -0.870. The van der Waals surface area contributed by atoms with Crippen molar-refractivity contribution in [1.29, 1.82) is 0 Å². The molecule has 2 N–H and O–H groups in total. The maximum absolute atomic E-state index is 12.1. The molecule has 1 aromatic rings. The van der Waals surface area contributed by atoms with E-state index in [1.807, 2.05) is 31.2 Å². The summed E-state index contributed by atoms with van der Waals surface area (Å²) < 4.78 is 24.3. The summed E-state index contributed by atoms with van der Waals surface area (Å²) in [6.07, 6.45) is 3.99. The second kappa shape index (κ2) is 6.06. The van der Waals surface area contributed by atoms with E-state index in [9.17, 15) is 8.42 Å². The molecule has 3 nitrogen and oxygen atoms in total. The van der Waals surface area contributed by atoms with E-state index in [1.165, 1.54) is 0 Å². The van der Waals surface area contributed by atoms with Gasteiger partial charge in [0.25, 0.3) is 0 Å². The lowest BCUT2D eigenvalue weighted by atomic mass is 10.0. The van der Waals surface area contributed by atoms with Crippen LogP contribution in [0.5, 0.6) is 0 Å². The van der Waals surface area contributed by atoms with E-state index in [1.54, 1.807) is 0 Å². The Labute approximate surface area is 116 Å². The number of sulfone groups is 1. The van der Waals surface area contributed by atoms with Gasteiger partial charge in [-0.05, 0) is 37.7 Å². The predicted octanol–water partition coefficient (Wildman–Crippen LogP) is 2.43. The molecule has 106 valence electrons. The molecule has 0 spiro atoms. The van der Waals surface area contributed by atoms with E-state index in [4.69, 9.17) is 5.73 Å². The molecule has 2 atom stereocenters. The SMILES string of the molecule is Cc1cccc(CS(=O)(=O)CCC2CCCC2N)c1. The van der Waals surface area contributed by atoms with Gasteiger partial charge in [0.15, 0.2) is 9.84 Å². The lowest BCUT2D eigenvalue weighted by molar-refractivity contribution is 0.464. The first kappa shape index (κ1) is 14.5. The standard InChI is InChI=1S/C15H23NO2S/c1-12-4-2-5-13(10-12)11-19(17,18)9-8-14-6-3-7-15(14)16/h2,4-5,10,14-15H,3,6-9,11,16H2,1H3. The van der Waals surface area contributed by atoms with Gasteiger partial charge >= 0.3 is 0 Å². The summed E-state index contributed by atoms with van der Waals surface area (Å²) in [7, 11) is -3.02. The van der Waals surface area contributed by atoms with Crippen molar-refractivity contribution in [3.05, 3.63) is 35.4 Å². The molecule has 2 unspecified atom stereocenters. The summed E-state index contributed by atoms with van der Waals surface area (Å²) >= 11 is 0. The van der Waals surface area contributed by atoms with Crippen molar-refractivity contribution in [3.63, 3.8) is 0 Å². The normalized spacial score (nSPS) is 23.7. The van der Waals surface area contributed by atoms with Crippen LogP contribution in [0.4, 0.5) is 0 Å². The maximum atomic E-state index is 12.1. The first-order valence-electron chi connectivity index (χ1n) is 6.98. The summed E-state index contributed by atoms with van der Waals surface area (Å²) in [5.74, 6) is 0.808. The van der Waals surface area contributed by atoms with Gasteiger partial charge in [-0.25, -0.2) is 8.42 Å². The zero-order chi connectivity index (χ0) is 13.9. The number of hydrogen-bond acceptors (Lipinski definition) is 3. The highest BCUT2D eigenvalue weighted by atomic mass is 32.2. The van der Waals surface area contributed by atoms with Crippen LogP contribution in [0.3, 0.4) is 0 Å². The molecule has 0 bridgehead atoms. The van der Waals surface area contributed by atoms with Crippen molar-refractivity contribution in [2.24, 2.45) is 11.7 Å². The number of nitrogens with two attached hydrogens (primary N) is 1. The van der Waals surface area contributed by atoms with Crippen LogP contribution in [0.1, 0.15) is 36.8 Å². The van der Waals surface area contributed by atoms with Crippen LogP contribution in [0, 0.1) is 12.8 Å². The van der Waals surface area contributed by atoms with Crippen molar-refractivity contribution < 1.29 is 8.42 Å². The average Bonchev–Trinajstić information content (AvgIpc) is 2.72. The monoisotopic (exact) mass is 281 g/mol. The number of benzene rings is 1.